The minimum atomic E-state index is -0.826. The molecule has 3 rings (SSSR count). The summed E-state index contributed by atoms with van der Waals surface area (Å²) in [7, 11) is 0. The highest BCUT2D eigenvalue weighted by Crippen LogP contribution is 2.30. The number of carbonyl (C=O) groups excluding carboxylic acids is 2. The predicted octanol–water partition coefficient (Wildman–Crippen LogP) is 3.12. The standard InChI is InChI=1S/C20H20O5/c1-13-3-6-16(7-4-13)20(22)14(2)25-19(21)12-15-5-8-17-18(11-15)24-10-9-23-17/h3-8,11,14H,9-10,12H2,1-2H3. The Kier molecular flexibility index (Phi) is 5.03. The molecule has 25 heavy (non-hydrogen) atoms. The monoisotopic (exact) mass is 340 g/mol. The molecule has 2 aromatic carbocycles. The second-order valence-electron chi connectivity index (χ2n) is 6.02. The van der Waals surface area contributed by atoms with Gasteiger partial charge in [-0.05, 0) is 31.5 Å². The van der Waals surface area contributed by atoms with Crippen LogP contribution in [0.2, 0.25) is 0 Å². The molecule has 5 nitrogen and oxygen atoms in total. The number of ether oxygens (including phenoxy) is 3. The van der Waals surface area contributed by atoms with E-state index in [0.29, 0.717) is 30.3 Å². The summed E-state index contributed by atoms with van der Waals surface area (Å²) >= 11 is 0. The summed E-state index contributed by atoms with van der Waals surface area (Å²) < 4.78 is 16.2. The first-order valence-electron chi connectivity index (χ1n) is 8.22. The van der Waals surface area contributed by atoms with Gasteiger partial charge in [0.2, 0.25) is 5.78 Å². The predicted molar refractivity (Wildman–Crippen MR) is 92.2 cm³/mol. The largest absolute Gasteiger partial charge is 0.486 e. The van der Waals surface area contributed by atoms with Crippen molar-refractivity contribution in [1.82, 2.24) is 0 Å². The van der Waals surface area contributed by atoms with Crippen LogP contribution in [0.15, 0.2) is 42.5 Å². The van der Waals surface area contributed by atoms with Crippen molar-refractivity contribution in [3.63, 3.8) is 0 Å². The third kappa shape index (κ3) is 4.18. The number of fused-ring (bicyclic) bond motifs is 1. The van der Waals surface area contributed by atoms with Crippen molar-refractivity contribution >= 4 is 11.8 Å². The number of carbonyl (C=O) groups is 2. The lowest BCUT2D eigenvalue weighted by atomic mass is 10.1. The molecule has 0 bridgehead atoms. The van der Waals surface area contributed by atoms with E-state index in [2.05, 4.69) is 0 Å². The van der Waals surface area contributed by atoms with Gasteiger partial charge in [0.05, 0.1) is 6.42 Å². The Morgan fingerprint density at radius 1 is 1.04 bits per heavy atom. The SMILES string of the molecule is Cc1ccc(C(=O)C(C)OC(=O)Cc2ccc3c(c2)OCCO3)cc1. The highest BCUT2D eigenvalue weighted by Gasteiger charge is 2.20. The van der Waals surface area contributed by atoms with Gasteiger partial charge in [-0.1, -0.05) is 35.9 Å². The molecule has 1 aliphatic heterocycles. The van der Waals surface area contributed by atoms with Crippen LogP contribution in [-0.4, -0.2) is 31.1 Å². The number of benzene rings is 2. The first-order valence-corrected chi connectivity index (χ1v) is 8.22. The third-order valence-electron chi connectivity index (χ3n) is 3.97. The summed E-state index contributed by atoms with van der Waals surface area (Å²) in [6.07, 6.45) is -0.755. The van der Waals surface area contributed by atoms with Crippen LogP contribution in [0.5, 0.6) is 11.5 Å². The van der Waals surface area contributed by atoms with Crippen molar-refractivity contribution in [1.29, 1.82) is 0 Å². The van der Waals surface area contributed by atoms with Crippen LogP contribution in [0.1, 0.15) is 28.4 Å². The van der Waals surface area contributed by atoms with Crippen LogP contribution in [0.25, 0.3) is 0 Å². The highest BCUT2D eigenvalue weighted by molar-refractivity contribution is 6.00. The van der Waals surface area contributed by atoms with Gasteiger partial charge < -0.3 is 14.2 Å². The fourth-order valence-corrected chi connectivity index (χ4v) is 2.61. The molecule has 1 aliphatic rings. The van der Waals surface area contributed by atoms with Gasteiger partial charge in [0.1, 0.15) is 13.2 Å². The molecule has 2 aromatic rings. The van der Waals surface area contributed by atoms with Gasteiger partial charge in [-0.3, -0.25) is 9.59 Å². The highest BCUT2D eigenvalue weighted by atomic mass is 16.6. The third-order valence-corrected chi connectivity index (χ3v) is 3.97. The second kappa shape index (κ2) is 7.38. The van der Waals surface area contributed by atoms with E-state index in [0.717, 1.165) is 11.1 Å². The van der Waals surface area contributed by atoms with Gasteiger partial charge in [-0.15, -0.1) is 0 Å². The molecule has 0 amide bonds. The smallest absolute Gasteiger partial charge is 0.310 e. The molecule has 0 saturated heterocycles. The zero-order valence-electron chi connectivity index (χ0n) is 14.3. The van der Waals surface area contributed by atoms with Crippen LogP contribution >= 0.6 is 0 Å². The summed E-state index contributed by atoms with van der Waals surface area (Å²) in [4.78, 5) is 24.5. The number of rotatable bonds is 5. The fourth-order valence-electron chi connectivity index (χ4n) is 2.61. The summed E-state index contributed by atoms with van der Waals surface area (Å²) in [6.45, 7) is 4.55. The van der Waals surface area contributed by atoms with Gasteiger partial charge in [0.25, 0.3) is 0 Å². The summed E-state index contributed by atoms with van der Waals surface area (Å²) in [5, 5.41) is 0. The normalized spacial score (nSPS) is 13.8. The van der Waals surface area contributed by atoms with Gasteiger partial charge in [-0.25, -0.2) is 0 Å². The van der Waals surface area contributed by atoms with Crippen molar-refractivity contribution in [2.45, 2.75) is 26.4 Å². The Labute approximate surface area is 146 Å². The van der Waals surface area contributed by atoms with Gasteiger partial charge in [-0.2, -0.15) is 0 Å². The lowest BCUT2D eigenvalue weighted by Crippen LogP contribution is -2.25. The number of hydrogen-bond donors (Lipinski definition) is 0. The molecule has 0 spiro atoms. The van der Waals surface area contributed by atoms with Crippen LogP contribution in [0.4, 0.5) is 0 Å². The summed E-state index contributed by atoms with van der Waals surface area (Å²) in [6, 6.07) is 12.5. The van der Waals surface area contributed by atoms with E-state index in [1.54, 1.807) is 37.3 Å². The lowest BCUT2D eigenvalue weighted by Gasteiger charge is -2.19. The Bertz CT molecular complexity index is 779. The summed E-state index contributed by atoms with van der Waals surface area (Å²) in [5.74, 6) is 0.631. The molecule has 1 heterocycles. The molecule has 1 atom stereocenters. The quantitative estimate of drug-likeness (QED) is 0.618. The van der Waals surface area contributed by atoms with E-state index in [9.17, 15) is 9.59 Å². The number of ketones is 1. The van der Waals surface area contributed by atoms with E-state index < -0.39 is 12.1 Å². The molecule has 0 aromatic heterocycles. The van der Waals surface area contributed by atoms with Gasteiger partial charge in [0.15, 0.2) is 17.6 Å². The van der Waals surface area contributed by atoms with E-state index in [4.69, 9.17) is 14.2 Å². The zero-order valence-corrected chi connectivity index (χ0v) is 14.3. The molecule has 0 radical (unpaired) electrons. The molecule has 1 unspecified atom stereocenters. The van der Waals surface area contributed by atoms with Crippen molar-refractivity contribution in [2.24, 2.45) is 0 Å². The van der Waals surface area contributed by atoms with Crippen molar-refractivity contribution in [3.8, 4) is 11.5 Å². The van der Waals surface area contributed by atoms with Crippen LogP contribution in [-0.2, 0) is 16.0 Å². The maximum Gasteiger partial charge on any atom is 0.310 e. The van der Waals surface area contributed by atoms with Crippen molar-refractivity contribution in [3.05, 3.63) is 59.2 Å². The molecular formula is C20H20O5. The zero-order chi connectivity index (χ0) is 17.8. The van der Waals surface area contributed by atoms with Gasteiger partial charge >= 0.3 is 5.97 Å². The average Bonchev–Trinajstić information content (AvgIpc) is 2.61. The minimum absolute atomic E-state index is 0.0716. The first kappa shape index (κ1) is 17.0. The number of aryl methyl sites for hydroxylation is 1. The topological polar surface area (TPSA) is 61.8 Å². The van der Waals surface area contributed by atoms with Crippen LogP contribution in [0, 0.1) is 6.92 Å². The molecule has 5 heteroatoms. The fraction of sp³-hybridized carbons (Fsp3) is 0.300. The second-order valence-corrected chi connectivity index (χ2v) is 6.02. The first-order chi connectivity index (χ1) is 12.0. The van der Waals surface area contributed by atoms with E-state index in [-0.39, 0.29) is 12.2 Å². The Morgan fingerprint density at radius 2 is 1.72 bits per heavy atom. The number of Topliss-reactive ketones (excluding diaryl/α,β-unsaturated/α-hetero) is 1. The van der Waals surface area contributed by atoms with E-state index in [1.807, 2.05) is 19.1 Å². The molecule has 0 aliphatic carbocycles. The Balaban J connectivity index is 1.60. The molecule has 0 saturated carbocycles. The lowest BCUT2D eigenvalue weighted by molar-refractivity contribution is -0.145. The van der Waals surface area contributed by atoms with Gasteiger partial charge in [0, 0.05) is 5.56 Å². The number of hydrogen-bond acceptors (Lipinski definition) is 5. The Morgan fingerprint density at radius 3 is 2.44 bits per heavy atom. The minimum Gasteiger partial charge on any atom is -0.486 e. The van der Waals surface area contributed by atoms with Crippen molar-refractivity contribution in [2.75, 3.05) is 13.2 Å². The van der Waals surface area contributed by atoms with E-state index in [1.165, 1.54) is 0 Å². The van der Waals surface area contributed by atoms with E-state index >= 15 is 0 Å². The van der Waals surface area contributed by atoms with Crippen LogP contribution < -0.4 is 9.47 Å². The summed E-state index contributed by atoms with van der Waals surface area (Å²) in [5.41, 5.74) is 2.36. The maximum absolute atomic E-state index is 12.3. The Hall–Kier alpha value is -2.82. The average molecular weight is 340 g/mol. The van der Waals surface area contributed by atoms with Crippen LogP contribution in [0.3, 0.4) is 0 Å². The van der Waals surface area contributed by atoms with Crippen molar-refractivity contribution < 1.29 is 23.8 Å². The molecule has 130 valence electrons. The molecule has 0 fully saturated rings. The molecular weight excluding hydrogens is 320 g/mol. The molecule has 0 N–H and O–H groups in total. The maximum atomic E-state index is 12.3. The number of esters is 1.